The Morgan fingerprint density at radius 2 is 1.80 bits per heavy atom. The number of aliphatic hydroxyl groups excluding tert-OH is 4. The van der Waals surface area contributed by atoms with Crippen molar-refractivity contribution in [2.24, 2.45) is 0 Å². The topological polar surface area (TPSA) is 128 Å². The molecule has 0 saturated carbocycles. The van der Waals surface area contributed by atoms with Crippen LogP contribution in [0.1, 0.15) is 16.8 Å². The highest BCUT2D eigenvalue weighted by Crippen LogP contribution is 2.36. The van der Waals surface area contributed by atoms with E-state index in [1.807, 2.05) is 11.4 Å². The number of H-pyrrole nitrogens is 1. The molecule has 1 aliphatic rings. The Labute approximate surface area is 173 Å². The predicted octanol–water partition coefficient (Wildman–Crippen LogP) is 0.920. The van der Waals surface area contributed by atoms with Crippen LogP contribution in [0.3, 0.4) is 0 Å². The molecule has 1 fully saturated rings. The van der Waals surface area contributed by atoms with Gasteiger partial charge in [0.1, 0.15) is 30.1 Å². The van der Waals surface area contributed by atoms with E-state index in [2.05, 4.69) is 5.10 Å². The lowest BCUT2D eigenvalue weighted by atomic mass is 9.99. The number of halogens is 3. The SMILES string of the molecule is CSc1ccc(Cc2c(OC3OC(CO)C(O)C(O)C3O)n[nH]c2C(F)(F)F)cc1. The van der Waals surface area contributed by atoms with Crippen molar-refractivity contribution >= 4 is 11.8 Å². The molecule has 12 heteroatoms. The average molecular weight is 450 g/mol. The summed E-state index contributed by atoms with van der Waals surface area (Å²) in [6.07, 6.45) is -11.1. The monoisotopic (exact) mass is 450 g/mol. The second kappa shape index (κ2) is 9.12. The van der Waals surface area contributed by atoms with Gasteiger partial charge in [0.2, 0.25) is 12.2 Å². The number of nitrogens with one attached hydrogen (secondary N) is 1. The molecule has 1 saturated heterocycles. The van der Waals surface area contributed by atoms with Crippen LogP contribution in [0, 0.1) is 0 Å². The Hall–Kier alpha value is -1.83. The number of alkyl halides is 3. The van der Waals surface area contributed by atoms with Gasteiger partial charge in [0.25, 0.3) is 0 Å². The van der Waals surface area contributed by atoms with Crippen LogP contribution >= 0.6 is 11.8 Å². The van der Waals surface area contributed by atoms with Crippen molar-refractivity contribution in [2.45, 2.75) is 48.2 Å². The summed E-state index contributed by atoms with van der Waals surface area (Å²) in [7, 11) is 0. The number of aliphatic hydroxyl groups is 4. The number of ether oxygens (including phenoxy) is 2. The Morgan fingerprint density at radius 1 is 1.13 bits per heavy atom. The molecule has 0 spiro atoms. The lowest BCUT2D eigenvalue weighted by Gasteiger charge is -2.39. The highest BCUT2D eigenvalue weighted by molar-refractivity contribution is 7.98. The van der Waals surface area contributed by atoms with Crippen molar-refractivity contribution in [3.63, 3.8) is 0 Å². The highest BCUT2D eigenvalue weighted by atomic mass is 32.2. The molecule has 0 amide bonds. The molecule has 0 radical (unpaired) electrons. The second-order valence-electron chi connectivity index (χ2n) is 6.72. The summed E-state index contributed by atoms with van der Waals surface area (Å²) in [5, 5.41) is 44.5. The molecule has 2 aromatic rings. The molecule has 5 N–H and O–H groups in total. The smallest absolute Gasteiger partial charge is 0.433 e. The van der Waals surface area contributed by atoms with Crippen LogP contribution in [0.4, 0.5) is 13.2 Å². The van der Waals surface area contributed by atoms with E-state index < -0.39 is 55.1 Å². The number of thioether (sulfide) groups is 1. The van der Waals surface area contributed by atoms with E-state index in [1.54, 1.807) is 24.3 Å². The van der Waals surface area contributed by atoms with Gasteiger partial charge < -0.3 is 29.9 Å². The minimum Gasteiger partial charge on any atom is -0.443 e. The Kier molecular flexibility index (Phi) is 6.95. The van der Waals surface area contributed by atoms with Gasteiger partial charge in [-0.2, -0.15) is 13.2 Å². The fraction of sp³-hybridized carbons (Fsp3) is 0.500. The molecule has 2 heterocycles. The zero-order valence-electron chi connectivity index (χ0n) is 15.7. The zero-order chi connectivity index (χ0) is 22.1. The third kappa shape index (κ3) is 4.74. The van der Waals surface area contributed by atoms with Gasteiger partial charge in [0, 0.05) is 11.3 Å². The maximum Gasteiger partial charge on any atom is 0.433 e. The molecule has 1 aromatic heterocycles. The summed E-state index contributed by atoms with van der Waals surface area (Å²) in [5.41, 5.74) is -0.856. The van der Waals surface area contributed by atoms with Crippen LogP contribution in [0.15, 0.2) is 29.2 Å². The van der Waals surface area contributed by atoms with Crippen molar-refractivity contribution in [2.75, 3.05) is 12.9 Å². The van der Waals surface area contributed by atoms with Crippen LogP contribution in [-0.4, -0.2) is 74.2 Å². The minimum absolute atomic E-state index is 0.174. The largest absolute Gasteiger partial charge is 0.443 e. The maximum atomic E-state index is 13.5. The van der Waals surface area contributed by atoms with E-state index >= 15 is 0 Å². The average Bonchev–Trinajstić information content (AvgIpc) is 3.11. The van der Waals surface area contributed by atoms with Crippen molar-refractivity contribution in [1.29, 1.82) is 0 Å². The molecule has 1 aliphatic heterocycles. The van der Waals surface area contributed by atoms with Gasteiger partial charge in [-0.3, -0.25) is 5.10 Å². The van der Waals surface area contributed by atoms with Gasteiger partial charge in [0.15, 0.2) is 0 Å². The van der Waals surface area contributed by atoms with E-state index in [9.17, 15) is 33.6 Å². The van der Waals surface area contributed by atoms with Crippen molar-refractivity contribution in [3.8, 4) is 5.88 Å². The molecule has 3 rings (SSSR count). The second-order valence-corrected chi connectivity index (χ2v) is 7.60. The minimum atomic E-state index is -4.74. The summed E-state index contributed by atoms with van der Waals surface area (Å²) in [4.78, 5) is 0.944. The van der Waals surface area contributed by atoms with Crippen LogP contribution in [-0.2, 0) is 17.3 Å². The van der Waals surface area contributed by atoms with E-state index in [4.69, 9.17) is 9.47 Å². The van der Waals surface area contributed by atoms with E-state index in [0.29, 0.717) is 5.56 Å². The van der Waals surface area contributed by atoms with Gasteiger partial charge >= 0.3 is 6.18 Å². The quantitative estimate of drug-likeness (QED) is 0.411. The van der Waals surface area contributed by atoms with E-state index in [0.717, 1.165) is 4.90 Å². The van der Waals surface area contributed by atoms with Gasteiger partial charge in [-0.25, -0.2) is 0 Å². The van der Waals surface area contributed by atoms with E-state index in [1.165, 1.54) is 11.8 Å². The molecular formula is C18H21F3N2O6S. The first-order chi connectivity index (χ1) is 14.2. The Balaban J connectivity index is 1.89. The zero-order valence-corrected chi connectivity index (χ0v) is 16.5. The summed E-state index contributed by atoms with van der Waals surface area (Å²) < 4.78 is 50.9. The highest BCUT2D eigenvalue weighted by Gasteiger charge is 2.46. The maximum absolute atomic E-state index is 13.5. The molecule has 30 heavy (non-hydrogen) atoms. The molecule has 1 aromatic carbocycles. The first kappa shape index (κ1) is 22.8. The van der Waals surface area contributed by atoms with Crippen LogP contribution < -0.4 is 4.74 Å². The molecule has 166 valence electrons. The standard InChI is InChI=1S/C18H21F3N2O6S/c1-30-9-4-2-8(3-5-9)6-10-15(18(19,20)21)22-23-16(10)29-17-14(27)13(26)12(25)11(7-24)28-17/h2-5,11-14,17,24-27H,6-7H2,1H3,(H,22,23). The Morgan fingerprint density at radius 3 is 2.37 bits per heavy atom. The lowest BCUT2D eigenvalue weighted by molar-refractivity contribution is -0.278. The normalized spacial score (nSPS) is 27.3. The third-order valence-electron chi connectivity index (χ3n) is 4.73. The first-order valence-corrected chi connectivity index (χ1v) is 10.1. The molecule has 0 bridgehead atoms. The third-order valence-corrected chi connectivity index (χ3v) is 5.47. The van der Waals surface area contributed by atoms with Crippen molar-refractivity contribution in [1.82, 2.24) is 10.2 Å². The van der Waals surface area contributed by atoms with Crippen LogP contribution in [0.25, 0.3) is 0 Å². The fourth-order valence-electron chi connectivity index (χ4n) is 3.07. The Bertz CT molecular complexity index is 845. The number of aromatic amines is 1. The number of hydrogen-bond donors (Lipinski definition) is 5. The van der Waals surface area contributed by atoms with Gasteiger partial charge in [-0.15, -0.1) is 16.9 Å². The fourth-order valence-corrected chi connectivity index (χ4v) is 3.48. The molecule has 8 nitrogen and oxygen atoms in total. The molecule has 5 atom stereocenters. The lowest BCUT2D eigenvalue weighted by Crippen LogP contribution is -2.60. The van der Waals surface area contributed by atoms with E-state index in [-0.39, 0.29) is 12.0 Å². The number of hydrogen-bond acceptors (Lipinski definition) is 8. The molecule has 0 aliphatic carbocycles. The summed E-state index contributed by atoms with van der Waals surface area (Å²) in [6, 6.07) is 6.89. The van der Waals surface area contributed by atoms with Crippen molar-refractivity contribution in [3.05, 3.63) is 41.1 Å². The molecular weight excluding hydrogens is 429 g/mol. The van der Waals surface area contributed by atoms with Gasteiger partial charge in [-0.1, -0.05) is 12.1 Å². The number of nitrogens with zero attached hydrogens (tertiary/aromatic N) is 1. The van der Waals surface area contributed by atoms with Crippen molar-refractivity contribution < 1.29 is 43.1 Å². The number of benzene rings is 1. The van der Waals surface area contributed by atoms with Gasteiger partial charge in [-0.05, 0) is 24.0 Å². The van der Waals surface area contributed by atoms with Crippen LogP contribution in [0.5, 0.6) is 5.88 Å². The number of aromatic nitrogens is 2. The van der Waals surface area contributed by atoms with Crippen LogP contribution in [0.2, 0.25) is 0 Å². The number of rotatable bonds is 6. The van der Waals surface area contributed by atoms with Gasteiger partial charge in [0.05, 0.1) is 12.2 Å². The summed E-state index contributed by atoms with van der Waals surface area (Å²) in [6.45, 7) is -0.701. The molecule has 5 unspecified atom stereocenters. The summed E-state index contributed by atoms with van der Waals surface area (Å²) in [5.74, 6) is -0.472. The predicted molar refractivity (Wildman–Crippen MR) is 99.0 cm³/mol. The first-order valence-electron chi connectivity index (χ1n) is 8.90. The summed E-state index contributed by atoms with van der Waals surface area (Å²) >= 11 is 1.49.